The van der Waals surface area contributed by atoms with E-state index < -0.39 is 5.66 Å². The van der Waals surface area contributed by atoms with Crippen LogP contribution in [0, 0.1) is 0 Å². The van der Waals surface area contributed by atoms with E-state index in [2.05, 4.69) is 31.0 Å². The molecule has 0 atom stereocenters. The summed E-state index contributed by atoms with van der Waals surface area (Å²) in [6, 6.07) is 3.27. The van der Waals surface area contributed by atoms with Crippen molar-refractivity contribution in [3.05, 3.63) is 45.7 Å². The molecule has 0 saturated heterocycles. The van der Waals surface area contributed by atoms with Crippen LogP contribution in [0.3, 0.4) is 0 Å². The number of hydrogen-bond donors (Lipinski definition) is 4. The van der Waals surface area contributed by atoms with Crippen LogP contribution in [-0.2, 0) is 0 Å². The molecule has 0 radical (unpaired) electrons. The van der Waals surface area contributed by atoms with Gasteiger partial charge in [0.15, 0.2) is 0 Å². The number of halogens is 1. The number of pyridine rings is 1. The minimum Gasteiger partial charge on any atom is -0.346 e. The van der Waals surface area contributed by atoms with Crippen LogP contribution >= 0.6 is 11.6 Å². The standard InChI is InChI=1S/C18H18ClN7O2/c19-11-8-12(23-15-10-4-7-20-14(10)21-9-22-15)17(28)26-13(11)16(27)24-18(25-26)5-2-1-3-6-18/h4,7-9,25H,1-3,5-6H2,(H,24,27)(H2,20,21,22,23). The maximum Gasteiger partial charge on any atom is 0.293 e. The zero-order valence-electron chi connectivity index (χ0n) is 14.9. The maximum atomic E-state index is 13.2. The molecule has 1 amide bonds. The topological polar surface area (TPSA) is 117 Å². The molecule has 28 heavy (non-hydrogen) atoms. The number of H-pyrrole nitrogens is 1. The van der Waals surface area contributed by atoms with Crippen molar-refractivity contribution in [2.24, 2.45) is 0 Å². The minimum absolute atomic E-state index is 0.114. The Morgan fingerprint density at radius 1 is 1.18 bits per heavy atom. The summed E-state index contributed by atoms with van der Waals surface area (Å²) in [5, 5.41) is 6.97. The average Bonchev–Trinajstić information content (AvgIpc) is 3.16. The number of amides is 1. The summed E-state index contributed by atoms with van der Waals surface area (Å²) in [7, 11) is 0. The van der Waals surface area contributed by atoms with E-state index in [4.69, 9.17) is 11.6 Å². The smallest absolute Gasteiger partial charge is 0.293 e. The molecule has 0 aromatic carbocycles. The van der Waals surface area contributed by atoms with Gasteiger partial charge < -0.3 is 15.6 Å². The molecule has 4 heterocycles. The van der Waals surface area contributed by atoms with Gasteiger partial charge in [0.05, 0.1) is 10.4 Å². The first kappa shape index (κ1) is 17.1. The maximum absolute atomic E-state index is 13.2. The van der Waals surface area contributed by atoms with E-state index >= 15 is 0 Å². The number of hydrogen-bond acceptors (Lipinski definition) is 6. The zero-order chi connectivity index (χ0) is 19.3. The first-order valence-corrected chi connectivity index (χ1v) is 9.55. The van der Waals surface area contributed by atoms with Gasteiger partial charge in [0.2, 0.25) is 0 Å². The Kier molecular flexibility index (Phi) is 3.80. The summed E-state index contributed by atoms with van der Waals surface area (Å²) < 4.78 is 1.27. The summed E-state index contributed by atoms with van der Waals surface area (Å²) in [5.41, 5.74) is 3.21. The van der Waals surface area contributed by atoms with Crippen LogP contribution in [0.2, 0.25) is 5.02 Å². The van der Waals surface area contributed by atoms with Crippen LogP contribution in [0.15, 0.2) is 29.5 Å². The molecule has 1 fully saturated rings. The number of carbonyl (C=O) groups excluding carboxylic acids is 1. The Morgan fingerprint density at radius 3 is 2.82 bits per heavy atom. The summed E-state index contributed by atoms with van der Waals surface area (Å²) in [5.74, 6) is 0.136. The quantitative estimate of drug-likeness (QED) is 0.526. The molecule has 1 spiro atoms. The molecule has 0 bridgehead atoms. The Bertz CT molecular complexity index is 1150. The SMILES string of the molecule is O=C1NC2(CCCCC2)Nn2c1c(Cl)cc(Nc1ncnc3[nH]ccc13)c2=O. The Hall–Kier alpha value is -3.07. The fourth-order valence-electron chi connectivity index (χ4n) is 4.00. The molecule has 0 unspecified atom stereocenters. The summed E-state index contributed by atoms with van der Waals surface area (Å²) >= 11 is 6.37. The molecule has 1 aliphatic carbocycles. The third-order valence-corrected chi connectivity index (χ3v) is 5.65. The van der Waals surface area contributed by atoms with E-state index in [1.807, 2.05) is 6.07 Å². The predicted octanol–water partition coefficient (Wildman–Crippen LogP) is 2.46. The first-order valence-electron chi connectivity index (χ1n) is 9.18. The molecule has 5 rings (SSSR count). The molecule has 2 aliphatic rings. The first-order chi connectivity index (χ1) is 13.6. The van der Waals surface area contributed by atoms with Crippen molar-refractivity contribution in [2.75, 3.05) is 10.7 Å². The van der Waals surface area contributed by atoms with Crippen molar-refractivity contribution in [3.8, 4) is 0 Å². The third-order valence-electron chi connectivity index (χ3n) is 5.36. The van der Waals surface area contributed by atoms with Gasteiger partial charge in [-0.25, -0.2) is 14.6 Å². The van der Waals surface area contributed by atoms with Crippen LogP contribution in [-0.4, -0.2) is 31.2 Å². The third kappa shape index (κ3) is 2.62. The van der Waals surface area contributed by atoms with E-state index in [1.54, 1.807) is 6.20 Å². The van der Waals surface area contributed by atoms with Crippen LogP contribution < -0.4 is 21.6 Å². The van der Waals surface area contributed by atoms with Gasteiger partial charge in [-0.15, -0.1) is 0 Å². The Balaban J connectivity index is 1.59. The fourth-order valence-corrected chi connectivity index (χ4v) is 4.28. The van der Waals surface area contributed by atoms with E-state index in [0.717, 1.165) is 37.5 Å². The Morgan fingerprint density at radius 2 is 2.00 bits per heavy atom. The summed E-state index contributed by atoms with van der Waals surface area (Å²) in [6.45, 7) is 0. The number of aromatic amines is 1. The lowest BCUT2D eigenvalue weighted by molar-refractivity contribution is 0.0834. The molecule has 10 heteroatoms. The van der Waals surface area contributed by atoms with Crippen LogP contribution in [0.25, 0.3) is 11.0 Å². The van der Waals surface area contributed by atoms with E-state index in [-0.39, 0.29) is 27.9 Å². The van der Waals surface area contributed by atoms with E-state index in [9.17, 15) is 9.59 Å². The van der Waals surface area contributed by atoms with Gasteiger partial charge in [-0.3, -0.25) is 15.0 Å². The molecule has 1 saturated carbocycles. The molecule has 3 aromatic rings. The van der Waals surface area contributed by atoms with Crippen LogP contribution in [0.4, 0.5) is 11.5 Å². The molecule has 1 aliphatic heterocycles. The van der Waals surface area contributed by atoms with Gasteiger partial charge >= 0.3 is 0 Å². The second kappa shape index (κ2) is 6.23. The number of rotatable bonds is 2. The number of anilines is 2. The van der Waals surface area contributed by atoms with Gasteiger partial charge in [-0.2, -0.15) is 0 Å². The molecule has 3 aromatic heterocycles. The highest BCUT2D eigenvalue weighted by molar-refractivity contribution is 6.34. The van der Waals surface area contributed by atoms with Crippen molar-refractivity contribution < 1.29 is 4.79 Å². The normalized spacial score (nSPS) is 17.8. The van der Waals surface area contributed by atoms with Gasteiger partial charge in [0.25, 0.3) is 11.5 Å². The highest BCUT2D eigenvalue weighted by atomic mass is 35.5. The van der Waals surface area contributed by atoms with E-state index in [1.165, 1.54) is 17.1 Å². The van der Waals surface area contributed by atoms with Crippen LogP contribution in [0.1, 0.15) is 42.6 Å². The number of nitrogens with one attached hydrogen (secondary N) is 4. The Labute approximate surface area is 164 Å². The van der Waals surface area contributed by atoms with Crippen molar-refractivity contribution in [2.45, 2.75) is 37.8 Å². The molecule has 4 N–H and O–H groups in total. The van der Waals surface area contributed by atoms with Crippen molar-refractivity contribution in [1.29, 1.82) is 0 Å². The van der Waals surface area contributed by atoms with E-state index in [0.29, 0.717) is 11.5 Å². The lowest BCUT2D eigenvalue weighted by atomic mass is 9.88. The number of fused-ring (bicyclic) bond motifs is 2. The number of carbonyl (C=O) groups is 1. The highest BCUT2D eigenvalue weighted by Crippen LogP contribution is 2.31. The monoisotopic (exact) mass is 399 g/mol. The number of aromatic nitrogens is 4. The summed E-state index contributed by atoms with van der Waals surface area (Å²) in [4.78, 5) is 37.2. The predicted molar refractivity (Wildman–Crippen MR) is 106 cm³/mol. The number of nitrogens with zero attached hydrogens (tertiary/aromatic N) is 3. The van der Waals surface area contributed by atoms with Crippen molar-refractivity contribution in [1.82, 2.24) is 24.9 Å². The van der Waals surface area contributed by atoms with Crippen molar-refractivity contribution >= 4 is 40.0 Å². The zero-order valence-corrected chi connectivity index (χ0v) is 15.6. The molecular weight excluding hydrogens is 382 g/mol. The molecule has 9 nitrogen and oxygen atoms in total. The average molecular weight is 400 g/mol. The fraction of sp³-hybridized carbons (Fsp3) is 0.333. The lowest BCUT2D eigenvalue weighted by Crippen LogP contribution is -2.64. The largest absolute Gasteiger partial charge is 0.346 e. The molecular formula is C18H18ClN7O2. The van der Waals surface area contributed by atoms with Gasteiger partial charge in [-0.05, 0) is 37.8 Å². The highest BCUT2D eigenvalue weighted by Gasteiger charge is 2.40. The van der Waals surface area contributed by atoms with Crippen LogP contribution in [0.5, 0.6) is 0 Å². The second-order valence-electron chi connectivity index (χ2n) is 7.19. The van der Waals surface area contributed by atoms with Gasteiger partial charge in [0, 0.05) is 6.20 Å². The summed E-state index contributed by atoms with van der Waals surface area (Å²) in [6.07, 6.45) is 7.75. The van der Waals surface area contributed by atoms with Crippen molar-refractivity contribution in [3.63, 3.8) is 0 Å². The molecule has 144 valence electrons. The lowest BCUT2D eigenvalue weighted by Gasteiger charge is -2.43. The second-order valence-corrected chi connectivity index (χ2v) is 7.60. The van der Waals surface area contributed by atoms with Gasteiger partial charge in [0.1, 0.15) is 34.8 Å². The van der Waals surface area contributed by atoms with Gasteiger partial charge in [-0.1, -0.05) is 18.0 Å². The minimum atomic E-state index is -0.614.